The number of hydrogen-bond acceptors (Lipinski definition) is 5. The lowest BCUT2D eigenvalue weighted by Gasteiger charge is -2.07. The fourth-order valence-corrected chi connectivity index (χ4v) is 1.91. The largest absolute Gasteiger partial charge is 0.481 e. The first-order valence-corrected chi connectivity index (χ1v) is 6.40. The zero-order chi connectivity index (χ0) is 14.4. The van der Waals surface area contributed by atoms with Gasteiger partial charge < -0.3 is 10.4 Å². The highest BCUT2D eigenvalue weighted by atomic mass is 32.2. The smallest absolute Gasteiger partial charge is 0.313 e. The van der Waals surface area contributed by atoms with Gasteiger partial charge in [-0.15, -0.1) is 11.8 Å². The molecule has 1 amide bonds. The molecule has 0 saturated heterocycles. The number of amides is 1. The van der Waals surface area contributed by atoms with Gasteiger partial charge in [-0.1, -0.05) is 6.07 Å². The van der Waals surface area contributed by atoms with Crippen LogP contribution in [0.1, 0.15) is 5.56 Å². The number of carbonyl (C=O) groups is 2. The molecule has 0 atom stereocenters. The number of nitro benzene ring substituents is 1. The highest BCUT2D eigenvalue weighted by Gasteiger charge is 2.14. The molecule has 19 heavy (non-hydrogen) atoms. The van der Waals surface area contributed by atoms with Crippen molar-refractivity contribution in [2.24, 2.45) is 0 Å². The predicted octanol–water partition coefficient (Wildman–Crippen LogP) is 1.66. The number of thioether (sulfide) groups is 1. The van der Waals surface area contributed by atoms with Crippen LogP contribution >= 0.6 is 11.8 Å². The van der Waals surface area contributed by atoms with E-state index in [1.54, 1.807) is 6.07 Å². The van der Waals surface area contributed by atoms with Gasteiger partial charge in [-0.3, -0.25) is 19.7 Å². The maximum atomic E-state index is 11.5. The zero-order valence-electron chi connectivity index (χ0n) is 10.1. The molecule has 0 fully saturated rings. The van der Waals surface area contributed by atoms with E-state index < -0.39 is 16.8 Å². The Morgan fingerprint density at radius 3 is 2.68 bits per heavy atom. The van der Waals surface area contributed by atoms with Crippen LogP contribution in [0.4, 0.5) is 11.4 Å². The summed E-state index contributed by atoms with van der Waals surface area (Å²) in [6.45, 7) is 1.54. The molecule has 0 aliphatic heterocycles. The summed E-state index contributed by atoms with van der Waals surface area (Å²) in [6.07, 6.45) is 0. The number of benzene rings is 1. The highest BCUT2D eigenvalue weighted by Crippen LogP contribution is 2.25. The van der Waals surface area contributed by atoms with Crippen molar-refractivity contribution in [3.05, 3.63) is 33.9 Å². The van der Waals surface area contributed by atoms with E-state index in [4.69, 9.17) is 5.11 Å². The number of nitro groups is 1. The Hall–Kier alpha value is -2.09. The minimum absolute atomic E-state index is 0.0194. The van der Waals surface area contributed by atoms with Crippen molar-refractivity contribution < 1.29 is 19.6 Å². The van der Waals surface area contributed by atoms with E-state index in [-0.39, 0.29) is 17.2 Å². The quantitative estimate of drug-likeness (QED) is 0.607. The Morgan fingerprint density at radius 2 is 2.11 bits per heavy atom. The summed E-state index contributed by atoms with van der Waals surface area (Å²) < 4.78 is 0. The third kappa shape index (κ3) is 4.59. The van der Waals surface area contributed by atoms with E-state index in [9.17, 15) is 19.7 Å². The van der Waals surface area contributed by atoms with Gasteiger partial charge in [0.25, 0.3) is 5.69 Å². The molecular formula is C11H12N2O5S. The number of aliphatic carboxylic acids is 1. The molecule has 0 saturated carbocycles. The van der Waals surface area contributed by atoms with Crippen LogP contribution in [0.3, 0.4) is 0 Å². The van der Waals surface area contributed by atoms with E-state index in [1.807, 2.05) is 0 Å². The third-order valence-corrected chi connectivity index (χ3v) is 3.15. The van der Waals surface area contributed by atoms with Crippen LogP contribution < -0.4 is 5.32 Å². The van der Waals surface area contributed by atoms with E-state index >= 15 is 0 Å². The SMILES string of the molecule is Cc1c(NC(=O)CSCC(=O)O)cccc1[N+](=O)[O-]. The molecule has 0 heterocycles. The van der Waals surface area contributed by atoms with Gasteiger partial charge in [0, 0.05) is 6.07 Å². The summed E-state index contributed by atoms with van der Waals surface area (Å²) in [4.78, 5) is 32.0. The summed E-state index contributed by atoms with van der Waals surface area (Å²) in [6, 6.07) is 4.39. The Labute approximate surface area is 113 Å². The minimum Gasteiger partial charge on any atom is -0.481 e. The molecule has 8 heteroatoms. The van der Waals surface area contributed by atoms with Gasteiger partial charge in [0.15, 0.2) is 0 Å². The number of nitrogens with one attached hydrogen (secondary N) is 1. The fraction of sp³-hybridized carbons (Fsp3) is 0.273. The monoisotopic (exact) mass is 284 g/mol. The topological polar surface area (TPSA) is 110 Å². The van der Waals surface area contributed by atoms with Crippen molar-refractivity contribution in [1.29, 1.82) is 0 Å². The molecule has 0 aliphatic rings. The number of hydrogen-bond donors (Lipinski definition) is 2. The minimum atomic E-state index is -0.996. The molecule has 0 unspecified atom stereocenters. The number of carboxylic acid groups (broad SMARTS) is 1. The lowest BCUT2D eigenvalue weighted by molar-refractivity contribution is -0.385. The first kappa shape index (κ1) is 15.0. The molecule has 102 valence electrons. The van der Waals surface area contributed by atoms with Crippen molar-refractivity contribution in [2.75, 3.05) is 16.8 Å². The molecule has 2 N–H and O–H groups in total. The van der Waals surface area contributed by atoms with Crippen molar-refractivity contribution >= 4 is 35.0 Å². The van der Waals surface area contributed by atoms with Crippen LogP contribution in [0.5, 0.6) is 0 Å². The first-order chi connectivity index (χ1) is 8.91. The van der Waals surface area contributed by atoms with E-state index in [0.717, 1.165) is 11.8 Å². The van der Waals surface area contributed by atoms with Crippen LogP contribution in [0.2, 0.25) is 0 Å². The third-order valence-electron chi connectivity index (χ3n) is 2.23. The van der Waals surface area contributed by atoms with Crippen LogP contribution in [0.25, 0.3) is 0 Å². The van der Waals surface area contributed by atoms with Gasteiger partial charge >= 0.3 is 5.97 Å². The lowest BCUT2D eigenvalue weighted by Crippen LogP contribution is -2.16. The standard InChI is InChI=1S/C11H12N2O5S/c1-7-8(3-2-4-9(7)13(17)18)12-10(14)5-19-6-11(15)16/h2-4H,5-6H2,1H3,(H,12,14)(H,15,16). The Bertz CT molecular complexity index is 518. The molecular weight excluding hydrogens is 272 g/mol. The molecule has 0 bridgehead atoms. The molecule has 0 radical (unpaired) electrons. The van der Waals surface area contributed by atoms with Gasteiger partial charge in [-0.05, 0) is 13.0 Å². The van der Waals surface area contributed by atoms with Crippen LogP contribution in [0.15, 0.2) is 18.2 Å². The van der Waals surface area contributed by atoms with Gasteiger partial charge in [-0.2, -0.15) is 0 Å². The van der Waals surface area contributed by atoms with Crippen molar-refractivity contribution in [3.8, 4) is 0 Å². The Kier molecular flexibility index (Phi) is 5.31. The summed E-state index contributed by atoms with van der Waals surface area (Å²) in [5.74, 6) is -1.57. The van der Waals surface area contributed by atoms with Gasteiger partial charge in [0.1, 0.15) is 0 Å². The van der Waals surface area contributed by atoms with Crippen molar-refractivity contribution in [3.63, 3.8) is 0 Å². The number of nitrogens with zero attached hydrogens (tertiary/aromatic N) is 1. The predicted molar refractivity (Wildman–Crippen MR) is 71.4 cm³/mol. The fourth-order valence-electron chi connectivity index (χ4n) is 1.37. The molecule has 1 rings (SSSR count). The molecule has 1 aromatic carbocycles. The number of carbonyl (C=O) groups excluding carboxylic acids is 1. The van der Waals surface area contributed by atoms with Crippen molar-refractivity contribution in [1.82, 2.24) is 0 Å². The van der Waals surface area contributed by atoms with Gasteiger partial charge in [0.2, 0.25) is 5.91 Å². The normalized spacial score (nSPS) is 9.95. The molecule has 1 aromatic rings. The Morgan fingerprint density at radius 1 is 1.42 bits per heavy atom. The summed E-state index contributed by atoms with van der Waals surface area (Å²) in [5.41, 5.74) is 0.648. The second-order valence-electron chi connectivity index (χ2n) is 3.64. The van der Waals surface area contributed by atoms with E-state index in [2.05, 4.69) is 5.32 Å². The van der Waals surface area contributed by atoms with Gasteiger partial charge in [-0.25, -0.2) is 0 Å². The van der Waals surface area contributed by atoms with Crippen LogP contribution in [0, 0.1) is 17.0 Å². The Balaban J connectivity index is 2.67. The van der Waals surface area contributed by atoms with Crippen molar-refractivity contribution in [2.45, 2.75) is 6.92 Å². The average Bonchev–Trinajstić information content (AvgIpc) is 2.31. The number of carboxylic acids is 1. The van der Waals surface area contributed by atoms with Crippen LogP contribution in [-0.4, -0.2) is 33.4 Å². The van der Waals surface area contributed by atoms with E-state index in [1.165, 1.54) is 19.1 Å². The van der Waals surface area contributed by atoms with E-state index in [0.29, 0.717) is 11.3 Å². The second kappa shape index (κ2) is 6.74. The summed E-state index contributed by atoms with van der Waals surface area (Å²) >= 11 is 0.960. The van der Waals surface area contributed by atoms with Crippen LogP contribution in [-0.2, 0) is 9.59 Å². The average molecular weight is 284 g/mol. The molecule has 7 nitrogen and oxygen atoms in total. The first-order valence-electron chi connectivity index (χ1n) is 5.25. The maximum Gasteiger partial charge on any atom is 0.313 e. The summed E-state index contributed by atoms with van der Waals surface area (Å²) in [5, 5.41) is 21.7. The zero-order valence-corrected chi connectivity index (χ0v) is 10.9. The number of rotatable bonds is 6. The van der Waals surface area contributed by atoms with Gasteiger partial charge in [0.05, 0.1) is 27.7 Å². The molecule has 0 spiro atoms. The second-order valence-corrected chi connectivity index (χ2v) is 4.63. The lowest BCUT2D eigenvalue weighted by atomic mass is 10.1. The molecule has 0 aliphatic carbocycles. The highest BCUT2D eigenvalue weighted by molar-refractivity contribution is 8.00. The summed E-state index contributed by atoms with van der Waals surface area (Å²) in [7, 11) is 0. The molecule has 0 aromatic heterocycles. The number of anilines is 1. The maximum absolute atomic E-state index is 11.5.